The molecular weight excluding hydrogens is 429 g/mol. The minimum atomic E-state index is -4.22. The number of carbonyl (C=O) groups excluding carboxylic acids is 1. The van der Waals surface area contributed by atoms with Gasteiger partial charge in [0.05, 0.1) is 36.7 Å². The highest BCUT2D eigenvalue weighted by molar-refractivity contribution is 7.87. The van der Waals surface area contributed by atoms with Crippen LogP contribution in [0.3, 0.4) is 0 Å². The van der Waals surface area contributed by atoms with E-state index in [9.17, 15) is 13.2 Å². The van der Waals surface area contributed by atoms with Gasteiger partial charge < -0.3 is 5.32 Å². The van der Waals surface area contributed by atoms with E-state index in [2.05, 4.69) is 30.0 Å². The number of hydrogen-bond acceptors (Lipinski definition) is 5. The Balaban J connectivity index is 2.28. The van der Waals surface area contributed by atoms with Crippen LogP contribution in [-0.4, -0.2) is 21.6 Å². The molecule has 0 saturated heterocycles. The standard InChI is InChI=1S/C16H11Cl2N5O4S/c1-19-12-7-14(15(8-13(12)20-2)28(25,26)27-3)22-23-16(24)21-11-5-4-9(17)6-10(11)18/h4-8,22H,3H3,(H2,21,23,24). The summed E-state index contributed by atoms with van der Waals surface area (Å²) < 4.78 is 28.7. The first-order chi connectivity index (χ1) is 13.2. The van der Waals surface area contributed by atoms with Crippen LogP contribution in [0.1, 0.15) is 0 Å². The average molecular weight is 440 g/mol. The molecule has 144 valence electrons. The molecule has 2 amide bonds. The topological polar surface area (TPSA) is 105 Å². The fourth-order valence-corrected chi connectivity index (χ4v) is 3.27. The molecular formula is C16H11Cl2N5O4S. The summed E-state index contributed by atoms with van der Waals surface area (Å²) in [5, 5.41) is 3.02. The normalized spacial score (nSPS) is 10.5. The minimum Gasteiger partial charge on any atom is -0.305 e. The molecule has 28 heavy (non-hydrogen) atoms. The van der Waals surface area contributed by atoms with Crippen molar-refractivity contribution in [3.8, 4) is 0 Å². The van der Waals surface area contributed by atoms with E-state index >= 15 is 0 Å². The van der Waals surface area contributed by atoms with Gasteiger partial charge in [0.2, 0.25) is 0 Å². The van der Waals surface area contributed by atoms with Crippen molar-refractivity contribution >= 4 is 62.1 Å². The Morgan fingerprint density at radius 1 is 1.07 bits per heavy atom. The number of nitrogens with zero attached hydrogens (tertiary/aromatic N) is 2. The second kappa shape index (κ2) is 8.78. The number of nitrogens with one attached hydrogen (secondary N) is 3. The molecule has 0 aromatic heterocycles. The molecule has 0 aliphatic heterocycles. The first kappa shape index (κ1) is 21.3. The summed E-state index contributed by atoms with van der Waals surface area (Å²) in [6.07, 6.45) is 0. The van der Waals surface area contributed by atoms with E-state index in [1.54, 1.807) is 0 Å². The number of hydrogen-bond donors (Lipinski definition) is 3. The van der Waals surface area contributed by atoms with E-state index in [0.717, 1.165) is 19.2 Å². The maximum absolute atomic E-state index is 12.1. The van der Waals surface area contributed by atoms with Crippen molar-refractivity contribution in [1.82, 2.24) is 5.43 Å². The lowest BCUT2D eigenvalue weighted by molar-refractivity contribution is 0.254. The predicted octanol–water partition coefficient (Wildman–Crippen LogP) is 4.58. The first-order valence-corrected chi connectivity index (χ1v) is 9.40. The van der Waals surface area contributed by atoms with Crippen LogP contribution in [0.15, 0.2) is 35.2 Å². The Labute approximate surface area is 170 Å². The molecule has 0 aliphatic carbocycles. The SMILES string of the molecule is [C-]#[N+]c1cc(NNC(=O)Nc2ccc(Cl)cc2Cl)c(S(=O)(=O)OC)cc1[N+]#[C-]. The summed E-state index contributed by atoms with van der Waals surface area (Å²) in [7, 11) is -3.27. The van der Waals surface area contributed by atoms with Gasteiger partial charge in [0, 0.05) is 5.02 Å². The number of anilines is 2. The molecule has 0 unspecified atom stereocenters. The van der Waals surface area contributed by atoms with Crippen molar-refractivity contribution in [2.75, 3.05) is 17.9 Å². The molecule has 2 aromatic carbocycles. The summed E-state index contributed by atoms with van der Waals surface area (Å²) in [5.41, 5.74) is 4.45. The Hall–Kier alpha value is -3.02. The fourth-order valence-electron chi connectivity index (χ4n) is 2.00. The van der Waals surface area contributed by atoms with Crippen LogP contribution >= 0.6 is 23.2 Å². The Kier molecular flexibility index (Phi) is 6.67. The number of rotatable bonds is 5. The van der Waals surface area contributed by atoms with Crippen LogP contribution in [0.2, 0.25) is 10.0 Å². The second-order valence-corrected chi connectivity index (χ2v) is 7.53. The fraction of sp³-hybridized carbons (Fsp3) is 0.0625. The minimum absolute atomic E-state index is 0.101. The van der Waals surface area contributed by atoms with Crippen LogP contribution in [0.25, 0.3) is 9.69 Å². The molecule has 0 heterocycles. The summed E-state index contributed by atoms with van der Waals surface area (Å²) in [5.74, 6) is 0. The number of urea groups is 1. The Bertz CT molecular complexity index is 1120. The molecule has 0 aliphatic rings. The number of halogens is 2. The lowest BCUT2D eigenvalue weighted by Gasteiger charge is -2.15. The summed E-state index contributed by atoms with van der Waals surface area (Å²) in [4.78, 5) is 17.9. The van der Waals surface area contributed by atoms with E-state index < -0.39 is 21.0 Å². The van der Waals surface area contributed by atoms with Crippen LogP contribution in [0.4, 0.5) is 27.5 Å². The summed E-state index contributed by atoms with van der Waals surface area (Å²) in [6.45, 7) is 14.2. The van der Waals surface area contributed by atoms with Crippen LogP contribution in [-0.2, 0) is 14.3 Å². The second-order valence-electron chi connectivity index (χ2n) is 5.01. The van der Waals surface area contributed by atoms with Crippen molar-refractivity contribution in [3.63, 3.8) is 0 Å². The average Bonchev–Trinajstić information content (AvgIpc) is 2.67. The predicted molar refractivity (Wildman–Crippen MR) is 105 cm³/mol. The smallest absolute Gasteiger partial charge is 0.305 e. The van der Waals surface area contributed by atoms with Gasteiger partial charge in [-0.25, -0.2) is 4.79 Å². The van der Waals surface area contributed by atoms with Gasteiger partial charge in [0.1, 0.15) is 4.90 Å². The van der Waals surface area contributed by atoms with Crippen LogP contribution < -0.4 is 16.2 Å². The van der Waals surface area contributed by atoms with Gasteiger partial charge in [0.15, 0.2) is 11.4 Å². The molecule has 12 heteroatoms. The molecule has 3 N–H and O–H groups in total. The maximum atomic E-state index is 12.1. The molecule has 2 aromatic rings. The molecule has 0 atom stereocenters. The molecule has 0 spiro atoms. The third-order valence-electron chi connectivity index (χ3n) is 3.30. The van der Waals surface area contributed by atoms with Crippen molar-refractivity contribution in [3.05, 3.63) is 63.2 Å². The van der Waals surface area contributed by atoms with Crippen LogP contribution in [0.5, 0.6) is 0 Å². The van der Waals surface area contributed by atoms with E-state index in [4.69, 9.17) is 36.3 Å². The molecule has 0 fully saturated rings. The zero-order valence-electron chi connectivity index (χ0n) is 14.1. The van der Waals surface area contributed by atoms with Crippen molar-refractivity contribution in [1.29, 1.82) is 0 Å². The number of hydrazine groups is 1. The number of amides is 2. The Morgan fingerprint density at radius 3 is 2.29 bits per heavy atom. The van der Waals surface area contributed by atoms with Gasteiger partial charge in [-0.3, -0.25) is 24.7 Å². The van der Waals surface area contributed by atoms with Gasteiger partial charge >= 0.3 is 6.03 Å². The molecule has 2 rings (SSSR count). The number of carbonyl (C=O) groups is 1. The lowest BCUT2D eigenvalue weighted by Crippen LogP contribution is -2.34. The van der Waals surface area contributed by atoms with Gasteiger partial charge in [-0.2, -0.15) is 8.42 Å². The van der Waals surface area contributed by atoms with E-state index in [0.29, 0.717) is 5.02 Å². The maximum Gasteiger partial charge on any atom is 0.337 e. The molecule has 0 bridgehead atoms. The van der Waals surface area contributed by atoms with E-state index in [1.807, 2.05) is 0 Å². The summed E-state index contributed by atoms with van der Waals surface area (Å²) >= 11 is 11.7. The quantitative estimate of drug-likeness (QED) is 0.359. The third-order valence-corrected chi connectivity index (χ3v) is 5.16. The zero-order valence-corrected chi connectivity index (χ0v) is 16.4. The van der Waals surface area contributed by atoms with Gasteiger partial charge in [-0.1, -0.05) is 23.2 Å². The highest BCUT2D eigenvalue weighted by Gasteiger charge is 2.21. The van der Waals surface area contributed by atoms with Gasteiger partial charge in [-0.05, 0) is 30.3 Å². The number of benzene rings is 2. The largest absolute Gasteiger partial charge is 0.337 e. The molecule has 9 nitrogen and oxygen atoms in total. The first-order valence-electron chi connectivity index (χ1n) is 7.23. The van der Waals surface area contributed by atoms with Crippen LogP contribution in [0, 0.1) is 13.1 Å². The van der Waals surface area contributed by atoms with Crippen molar-refractivity contribution in [2.45, 2.75) is 4.90 Å². The van der Waals surface area contributed by atoms with E-state index in [-0.39, 0.29) is 27.8 Å². The lowest BCUT2D eigenvalue weighted by atomic mass is 10.2. The van der Waals surface area contributed by atoms with Crippen molar-refractivity contribution < 1.29 is 17.4 Å². The van der Waals surface area contributed by atoms with Crippen molar-refractivity contribution in [2.24, 2.45) is 0 Å². The monoisotopic (exact) mass is 439 g/mol. The molecule has 0 saturated carbocycles. The summed E-state index contributed by atoms with van der Waals surface area (Å²) in [6, 6.07) is 5.75. The highest BCUT2D eigenvalue weighted by Crippen LogP contribution is 2.36. The highest BCUT2D eigenvalue weighted by atomic mass is 35.5. The van der Waals surface area contributed by atoms with Gasteiger partial charge in [-0.15, -0.1) is 0 Å². The molecule has 0 radical (unpaired) electrons. The Morgan fingerprint density at radius 2 is 1.71 bits per heavy atom. The van der Waals surface area contributed by atoms with Gasteiger partial charge in [0.25, 0.3) is 10.1 Å². The zero-order chi connectivity index (χ0) is 20.9. The van der Waals surface area contributed by atoms with E-state index in [1.165, 1.54) is 18.2 Å². The third kappa shape index (κ3) is 4.82.